The van der Waals surface area contributed by atoms with Gasteiger partial charge in [-0.15, -0.1) is 0 Å². The van der Waals surface area contributed by atoms with Gasteiger partial charge in [-0.3, -0.25) is 14.4 Å². The van der Waals surface area contributed by atoms with Gasteiger partial charge >= 0.3 is 5.97 Å². The maximum Gasteiger partial charge on any atom is 0.326 e. The van der Waals surface area contributed by atoms with Crippen molar-refractivity contribution in [2.24, 2.45) is 11.5 Å². The zero-order valence-corrected chi connectivity index (χ0v) is 16.1. The van der Waals surface area contributed by atoms with E-state index in [0.29, 0.717) is 32.2 Å². The first-order valence-electron chi connectivity index (χ1n) is 9.43. The minimum Gasteiger partial charge on any atom is -0.480 e. The molecule has 1 saturated heterocycles. The molecule has 1 fully saturated rings. The molecule has 160 valence electrons. The Hall–Kier alpha value is -2.24. The van der Waals surface area contributed by atoms with Crippen LogP contribution in [0.3, 0.4) is 0 Å². The Morgan fingerprint density at radius 2 is 1.86 bits per heavy atom. The third-order valence-corrected chi connectivity index (χ3v) is 4.61. The summed E-state index contributed by atoms with van der Waals surface area (Å²) in [6.07, 6.45) is 2.35. The number of nitrogens with one attached hydrogen (secondary N) is 2. The number of carboxylic acid groups (broad SMARTS) is 1. The first-order chi connectivity index (χ1) is 13.2. The second-order valence-electron chi connectivity index (χ2n) is 6.91. The first kappa shape index (κ1) is 23.8. The van der Waals surface area contributed by atoms with Gasteiger partial charge in [-0.1, -0.05) is 0 Å². The van der Waals surface area contributed by atoms with Crippen LogP contribution in [0.15, 0.2) is 0 Å². The third kappa shape index (κ3) is 6.73. The van der Waals surface area contributed by atoms with Crippen molar-refractivity contribution in [1.82, 2.24) is 15.5 Å². The van der Waals surface area contributed by atoms with E-state index >= 15 is 0 Å². The number of aliphatic carboxylic acids is 1. The molecule has 1 aliphatic rings. The molecule has 1 heterocycles. The number of rotatable bonds is 11. The first-order valence-corrected chi connectivity index (χ1v) is 9.43. The van der Waals surface area contributed by atoms with Crippen LogP contribution in [-0.4, -0.2) is 82.7 Å². The van der Waals surface area contributed by atoms with E-state index in [2.05, 4.69) is 10.6 Å². The molecule has 0 aromatic rings. The summed E-state index contributed by atoms with van der Waals surface area (Å²) in [7, 11) is 0. The molecular weight excluding hydrogens is 370 g/mol. The summed E-state index contributed by atoms with van der Waals surface area (Å²) in [6, 6.07) is -4.00. The Labute approximate surface area is 163 Å². The van der Waals surface area contributed by atoms with Gasteiger partial charge in [-0.05, 0) is 45.6 Å². The zero-order valence-electron chi connectivity index (χ0n) is 16.1. The fraction of sp³-hybridized carbons (Fsp3) is 0.765. The number of aliphatic hydroxyl groups is 1. The number of likely N-dealkylation sites (tertiary alicyclic amines) is 1. The number of carbonyl (C=O) groups is 4. The van der Waals surface area contributed by atoms with Crippen LogP contribution in [0.4, 0.5) is 0 Å². The number of carbonyl (C=O) groups excluding carboxylic acids is 3. The van der Waals surface area contributed by atoms with Gasteiger partial charge in [0.2, 0.25) is 17.7 Å². The summed E-state index contributed by atoms with van der Waals surface area (Å²) < 4.78 is 0. The Bertz CT molecular complexity index is 570. The highest BCUT2D eigenvalue weighted by molar-refractivity contribution is 5.94. The van der Waals surface area contributed by atoms with E-state index < -0.39 is 54.5 Å². The van der Waals surface area contributed by atoms with Gasteiger partial charge < -0.3 is 37.2 Å². The van der Waals surface area contributed by atoms with E-state index in [4.69, 9.17) is 11.5 Å². The second kappa shape index (κ2) is 11.6. The van der Waals surface area contributed by atoms with E-state index in [1.165, 1.54) is 11.8 Å². The van der Waals surface area contributed by atoms with Crippen LogP contribution in [0.2, 0.25) is 0 Å². The van der Waals surface area contributed by atoms with Crippen LogP contribution < -0.4 is 22.1 Å². The molecule has 1 aliphatic heterocycles. The van der Waals surface area contributed by atoms with Crippen LogP contribution >= 0.6 is 0 Å². The van der Waals surface area contributed by atoms with Gasteiger partial charge in [-0.25, -0.2) is 4.79 Å². The highest BCUT2D eigenvalue weighted by Crippen LogP contribution is 2.19. The van der Waals surface area contributed by atoms with E-state index in [1.54, 1.807) is 0 Å². The largest absolute Gasteiger partial charge is 0.480 e. The summed E-state index contributed by atoms with van der Waals surface area (Å²) in [4.78, 5) is 49.6. The lowest BCUT2D eigenvalue weighted by atomic mass is 10.1. The van der Waals surface area contributed by atoms with E-state index in [1.807, 2.05) is 0 Å². The van der Waals surface area contributed by atoms with Crippen molar-refractivity contribution >= 4 is 23.7 Å². The third-order valence-electron chi connectivity index (χ3n) is 4.61. The number of aliphatic hydroxyl groups excluding tert-OH is 1. The maximum absolute atomic E-state index is 12.7. The minimum absolute atomic E-state index is 0.239. The van der Waals surface area contributed by atoms with Crippen molar-refractivity contribution in [2.45, 2.75) is 63.2 Å². The van der Waals surface area contributed by atoms with Crippen LogP contribution in [-0.2, 0) is 19.2 Å². The molecule has 0 radical (unpaired) electrons. The van der Waals surface area contributed by atoms with E-state index in [9.17, 15) is 29.4 Å². The Morgan fingerprint density at radius 1 is 1.18 bits per heavy atom. The number of nitrogens with two attached hydrogens (primary N) is 2. The average molecular weight is 401 g/mol. The van der Waals surface area contributed by atoms with Crippen molar-refractivity contribution < 1.29 is 29.4 Å². The summed E-state index contributed by atoms with van der Waals surface area (Å²) in [5.41, 5.74) is 10.9. The monoisotopic (exact) mass is 401 g/mol. The minimum atomic E-state index is -1.22. The fourth-order valence-corrected chi connectivity index (χ4v) is 3.01. The Balaban J connectivity index is 2.78. The Kier molecular flexibility index (Phi) is 9.83. The van der Waals surface area contributed by atoms with Crippen LogP contribution in [0, 0.1) is 0 Å². The highest BCUT2D eigenvalue weighted by Gasteiger charge is 2.38. The van der Waals surface area contributed by atoms with Crippen LogP contribution in [0.5, 0.6) is 0 Å². The van der Waals surface area contributed by atoms with Gasteiger partial charge in [0.15, 0.2) is 0 Å². The number of hydrogen-bond acceptors (Lipinski definition) is 7. The summed E-state index contributed by atoms with van der Waals surface area (Å²) in [6.45, 7) is 1.50. The molecule has 0 saturated carbocycles. The van der Waals surface area contributed by atoms with Gasteiger partial charge in [-0.2, -0.15) is 0 Å². The number of amides is 3. The number of nitrogens with zero attached hydrogens (tertiary/aromatic N) is 1. The lowest BCUT2D eigenvalue weighted by molar-refractivity contribution is -0.145. The highest BCUT2D eigenvalue weighted by atomic mass is 16.4. The van der Waals surface area contributed by atoms with Crippen molar-refractivity contribution in [1.29, 1.82) is 0 Å². The molecule has 4 atom stereocenters. The van der Waals surface area contributed by atoms with Crippen LogP contribution in [0.25, 0.3) is 0 Å². The normalized spacial score (nSPS) is 19.6. The number of unbranched alkanes of at least 4 members (excludes halogenated alkanes) is 1. The number of carboxylic acids is 1. The van der Waals surface area contributed by atoms with Crippen molar-refractivity contribution in [2.75, 3.05) is 19.7 Å². The molecule has 0 bridgehead atoms. The molecule has 0 aromatic heterocycles. The van der Waals surface area contributed by atoms with Crippen molar-refractivity contribution in [3.63, 3.8) is 0 Å². The molecule has 1 rings (SSSR count). The number of hydrogen-bond donors (Lipinski definition) is 6. The summed E-state index contributed by atoms with van der Waals surface area (Å²) >= 11 is 0. The summed E-state index contributed by atoms with van der Waals surface area (Å²) in [5, 5.41) is 23.6. The molecule has 8 N–H and O–H groups in total. The lowest BCUT2D eigenvalue weighted by Gasteiger charge is -2.29. The smallest absolute Gasteiger partial charge is 0.326 e. The van der Waals surface area contributed by atoms with Gasteiger partial charge in [0.05, 0.1) is 12.6 Å². The molecule has 0 aliphatic carbocycles. The van der Waals surface area contributed by atoms with Crippen molar-refractivity contribution in [3.8, 4) is 0 Å². The molecule has 28 heavy (non-hydrogen) atoms. The van der Waals surface area contributed by atoms with Gasteiger partial charge in [0.25, 0.3) is 0 Å². The van der Waals surface area contributed by atoms with Gasteiger partial charge in [0, 0.05) is 6.54 Å². The molecule has 11 nitrogen and oxygen atoms in total. The summed E-state index contributed by atoms with van der Waals surface area (Å²) in [5.74, 6) is -2.93. The molecule has 0 spiro atoms. The van der Waals surface area contributed by atoms with E-state index in [0.717, 1.165) is 0 Å². The predicted molar refractivity (Wildman–Crippen MR) is 99.9 cm³/mol. The SMILES string of the molecule is CC(N)C(=O)NC(CO)C(=O)N1CCCC1C(=O)NC(CCCCN)C(=O)O. The zero-order chi connectivity index (χ0) is 21.3. The molecule has 3 amide bonds. The topological polar surface area (TPSA) is 188 Å². The molecule has 0 aromatic carbocycles. The van der Waals surface area contributed by atoms with E-state index in [-0.39, 0.29) is 13.0 Å². The average Bonchev–Trinajstić information content (AvgIpc) is 3.14. The maximum atomic E-state index is 12.7. The molecule has 4 unspecified atom stereocenters. The lowest BCUT2D eigenvalue weighted by Crippen LogP contribution is -2.57. The molecule has 11 heteroatoms. The van der Waals surface area contributed by atoms with Crippen LogP contribution in [0.1, 0.15) is 39.0 Å². The van der Waals surface area contributed by atoms with Gasteiger partial charge in [0.1, 0.15) is 18.1 Å². The van der Waals surface area contributed by atoms with Crippen molar-refractivity contribution in [3.05, 3.63) is 0 Å². The predicted octanol–water partition coefficient (Wildman–Crippen LogP) is -2.50. The second-order valence-corrected chi connectivity index (χ2v) is 6.91. The fourth-order valence-electron chi connectivity index (χ4n) is 3.01. The standard InChI is InChI=1S/C17H31N5O6/c1-10(19)14(24)21-12(9-23)16(26)22-8-4-6-13(22)15(25)20-11(17(27)28)5-2-3-7-18/h10-13,23H,2-9,18-19H2,1H3,(H,20,25)(H,21,24)(H,27,28). The Morgan fingerprint density at radius 3 is 2.39 bits per heavy atom. The molecular formula is C17H31N5O6. The quantitative estimate of drug-likeness (QED) is 0.205.